The first kappa shape index (κ1) is 24.9. The number of hydrogen-bond donors (Lipinski definition) is 2. The molecule has 0 unspecified atom stereocenters. The van der Waals surface area contributed by atoms with E-state index in [0.29, 0.717) is 17.2 Å². The van der Waals surface area contributed by atoms with Gasteiger partial charge < -0.3 is 5.32 Å². The van der Waals surface area contributed by atoms with Crippen molar-refractivity contribution in [2.75, 3.05) is 5.32 Å². The van der Waals surface area contributed by atoms with Crippen molar-refractivity contribution in [1.29, 1.82) is 0 Å². The molecule has 1 amide bonds. The number of anilines is 1. The summed E-state index contributed by atoms with van der Waals surface area (Å²) in [5, 5.41) is 8.57. The summed E-state index contributed by atoms with van der Waals surface area (Å²) in [6.45, 7) is 4.40. The number of aromatic nitrogens is 2. The van der Waals surface area contributed by atoms with Crippen LogP contribution in [-0.2, 0) is 18.9 Å². The van der Waals surface area contributed by atoms with E-state index >= 15 is 0 Å². The summed E-state index contributed by atoms with van der Waals surface area (Å²) in [5.41, 5.74) is -1.47. The normalized spacial score (nSPS) is 12.6. The Labute approximate surface area is 192 Å². The predicted molar refractivity (Wildman–Crippen MR) is 118 cm³/mol. The van der Waals surface area contributed by atoms with Crippen LogP contribution in [0.2, 0.25) is 0 Å². The van der Waals surface area contributed by atoms with E-state index in [9.17, 15) is 26.7 Å². The molecule has 3 aromatic rings. The number of aliphatic imine (C=N–C) groups is 1. The molecular weight excluding hydrogens is 457 g/mol. The molecule has 6 nitrogen and oxygen atoms in total. The maximum Gasteiger partial charge on any atom is 0.435 e. The molecule has 180 valence electrons. The number of rotatable bonds is 4. The van der Waals surface area contributed by atoms with Gasteiger partial charge in [0, 0.05) is 24.4 Å². The summed E-state index contributed by atoms with van der Waals surface area (Å²) in [7, 11) is 1.26. The fourth-order valence-corrected chi connectivity index (χ4v) is 3.05. The van der Waals surface area contributed by atoms with Crippen LogP contribution in [0.3, 0.4) is 0 Å². The monoisotopic (exact) mass is 479 g/mol. The molecule has 0 saturated carbocycles. The summed E-state index contributed by atoms with van der Waals surface area (Å²) >= 11 is 0. The largest absolute Gasteiger partial charge is 0.435 e. The second kappa shape index (κ2) is 9.24. The number of nitrogens with one attached hydrogen (secondary N) is 2. The molecule has 2 N–H and O–H groups in total. The molecule has 34 heavy (non-hydrogen) atoms. The quantitative estimate of drug-likeness (QED) is 0.290. The molecule has 0 aliphatic rings. The van der Waals surface area contributed by atoms with E-state index < -0.39 is 29.3 Å². The number of benzene rings is 2. The highest BCUT2D eigenvalue weighted by Crippen LogP contribution is 2.30. The van der Waals surface area contributed by atoms with Gasteiger partial charge in [0.15, 0.2) is 11.5 Å². The lowest BCUT2D eigenvalue weighted by molar-refractivity contribution is -0.141. The molecular formula is C23H22F5N5O. The highest BCUT2D eigenvalue weighted by atomic mass is 19.4. The summed E-state index contributed by atoms with van der Waals surface area (Å²) in [5.74, 6) is -1.70. The Morgan fingerprint density at radius 1 is 1.03 bits per heavy atom. The van der Waals surface area contributed by atoms with E-state index in [1.807, 2.05) is 0 Å². The standard InChI is InChI=1S/C23H22F5N5O/c1-13-9-16(24)11-17(10-13)29-21(30-19-12-18(23(26,27)28)32-33(19)4)31-20(34)14-5-7-15(8-6-14)22(2,3)25/h5-12H,1-4H3,(H2,29,30,31,34). The summed E-state index contributed by atoms with van der Waals surface area (Å²) in [6.07, 6.45) is -4.69. The molecule has 0 aliphatic heterocycles. The van der Waals surface area contributed by atoms with Crippen LogP contribution < -0.4 is 10.6 Å². The molecule has 0 radical (unpaired) electrons. The molecule has 0 saturated heterocycles. The van der Waals surface area contributed by atoms with Crippen LogP contribution >= 0.6 is 0 Å². The van der Waals surface area contributed by atoms with Gasteiger partial charge in [0.05, 0.1) is 0 Å². The molecule has 0 atom stereocenters. The van der Waals surface area contributed by atoms with Gasteiger partial charge in [-0.1, -0.05) is 12.1 Å². The Morgan fingerprint density at radius 3 is 2.21 bits per heavy atom. The van der Waals surface area contributed by atoms with Gasteiger partial charge >= 0.3 is 6.18 Å². The Morgan fingerprint density at radius 2 is 1.68 bits per heavy atom. The smallest absolute Gasteiger partial charge is 0.326 e. The maximum absolute atomic E-state index is 14.1. The first-order valence-corrected chi connectivity index (χ1v) is 10.1. The minimum Gasteiger partial charge on any atom is -0.326 e. The number of nitrogens with zero attached hydrogens (tertiary/aromatic N) is 3. The molecule has 3 rings (SSSR count). The van der Waals surface area contributed by atoms with Crippen LogP contribution in [0.1, 0.15) is 41.0 Å². The molecule has 0 bridgehead atoms. The van der Waals surface area contributed by atoms with Crippen molar-refractivity contribution in [2.24, 2.45) is 12.0 Å². The van der Waals surface area contributed by atoms with E-state index in [1.165, 1.54) is 51.2 Å². The average Bonchev–Trinajstić information content (AvgIpc) is 3.07. The third-order valence-corrected chi connectivity index (χ3v) is 4.74. The van der Waals surface area contributed by atoms with Gasteiger partial charge in [-0.15, -0.1) is 0 Å². The fourth-order valence-electron chi connectivity index (χ4n) is 3.05. The molecule has 1 heterocycles. The van der Waals surface area contributed by atoms with Crippen molar-refractivity contribution >= 4 is 23.4 Å². The van der Waals surface area contributed by atoms with Crippen LogP contribution in [0.5, 0.6) is 0 Å². The van der Waals surface area contributed by atoms with Crippen molar-refractivity contribution in [3.8, 4) is 0 Å². The minimum absolute atomic E-state index is 0.152. The van der Waals surface area contributed by atoms with Gasteiger partial charge in [0.2, 0.25) is 5.96 Å². The highest BCUT2D eigenvalue weighted by molar-refractivity contribution is 6.10. The number of guanidine groups is 1. The van der Waals surface area contributed by atoms with Crippen molar-refractivity contribution in [3.05, 3.63) is 76.7 Å². The van der Waals surface area contributed by atoms with E-state index in [2.05, 4.69) is 20.7 Å². The first-order chi connectivity index (χ1) is 15.7. The van der Waals surface area contributed by atoms with Gasteiger partial charge in [0.1, 0.15) is 11.5 Å². The summed E-state index contributed by atoms with van der Waals surface area (Å²) in [4.78, 5) is 16.8. The Kier molecular flexibility index (Phi) is 6.76. The lowest BCUT2D eigenvalue weighted by atomic mass is 9.99. The Bertz CT molecular complexity index is 1200. The summed E-state index contributed by atoms with van der Waals surface area (Å²) in [6, 6.07) is 10.4. The van der Waals surface area contributed by atoms with Crippen molar-refractivity contribution in [3.63, 3.8) is 0 Å². The molecule has 0 aliphatic carbocycles. The van der Waals surface area contributed by atoms with Crippen LogP contribution in [-0.4, -0.2) is 21.6 Å². The zero-order chi connectivity index (χ0) is 25.3. The van der Waals surface area contributed by atoms with E-state index in [-0.39, 0.29) is 23.0 Å². The molecule has 0 spiro atoms. The van der Waals surface area contributed by atoms with E-state index in [1.54, 1.807) is 13.0 Å². The lowest BCUT2D eigenvalue weighted by Crippen LogP contribution is -2.36. The maximum atomic E-state index is 14.1. The van der Waals surface area contributed by atoms with Crippen LogP contribution in [0.25, 0.3) is 0 Å². The third kappa shape index (κ3) is 6.18. The molecule has 2 aromatic carbocycles. The Hall–Kier alpha value is -3.76. The van der Waals surface area contributed by atoms with Crippen molar-refractivity contribution in [2.45, 2.75) is 32.6 Å². The zero-order valence-electron chi connectivity index (χ0n) is 18.8. The van der Waals surface area contributed by atoms with Gasteiger partial charge in [-0.25, -0.2) is 8.78 Å². The van der Waals surface area contributed by atoms with Gasteiger partial charge in [-0.2, -0.15) is 23.3 Å². The molecule has 1 aromatic heterocycles. The van der Waals surface area contributed by atoms with E-state index in [0.717, 1.165) is 10.7 Å². The van der Waals surface area contributed by atoms with Crippen molar-refractivity contribution in [1.82, 2.24) is 15.1 Å². The van der Waals surface area contributed by atoms with Gasteiger partial charge in [-0.3, -0.25) is 14.8 Å². The molecule has 0 fully saturated rings. The van der Waals surface area contributed by atoms with E-state index in [4.69, 9.17) is 0 Å². The number of hydrogen-bond acceptors (Lipinski definition) is 3. The number of carbonyl (C=O) groups is 1. The number of amides is 1. The first-order valence-electron chi connectivity index (χ1n) is 10.1. The number of aryl methyl sites for hydroxylation is 2. The zero-order valence-corrected chi connectivity index (χ0v) is 18.8. The van der Waals surface area contributed by atoms with Gasteiger partial charge in [0.25, 0.3) is 5.91 Å². The number of alkyl halides is 4. The van der Waals surface area contributed by atoms with Crippen LogP contribution in [0.15, 0.2) is 53.5 Å². The number of halogens is 5. The number of carbonyl (C=O) groups excluding carboxylic acids is 1. The summed E-state index contributed by atoms with van der Waals surface area (Å²) < 4.78 is 67.9. The predicted octanol–water partition coefficient (Wildman–Crippen LogP) is 5.62. The lowest BCUT2D eigenvalue weighted by Gasteiger charge is -2.15. The van der Waals surface area contributed by atoms with Crippen LogP contribution in [0.4, 0.5) is 33.5 Å². The third-order valence-electron chi connectivity index (χ3n) is 4.74. The fraction of sp³-hybridized carbons (Fsp3) is 0.261. The second-order valence-electron chi connectivity index (χ2n) is 8.12. The van der Waals surface area contributed by atoms with Gasteiger partial charge in [-0.05, 0) is 62.2 Å². The minimum atomic E-state index is -4.69. The second-order valence-corrected chi connectivity index (χ2v) is 8.12. The van der Waals surface area contributed by atoms with Crippen molar-refractivity contribution < 1.29 is 26.7 Å². The Balaban J connectivity index is 1.95. The van der Waals surface area contributed by atoms with Crippen LogP contribution in [0, 0.1) is 12.7 Å². The topological polar surface area (TPSA) is 71.3 Å². The highest BCUT2D eigenvalue weighted by Gasteiger charge is 2.34. The molecule has 11 heteroatoms. The average molecular weight is 479 g/mol. The SMILES string of the molecule is Cc1cc(F)cc(NC(=Nc2cc(C(F)(F)F)nn2C)NC(=O)c2ccc(C(C)(C)F)cc2)c1.